The van der Waals surface area contributed by atoms with Crippen LogP contribution in [0, 0.1) is 0 Å². The molecule has 0 unspecified atom stereocenters. The van der Waals surface area contributed by atoms with Gasteiger partial charge in [-0.2, -0.15) is 0 Å². The molecule has 0 bridgehead atoms. The number of rotatable bonds is 1. The fourth-order valence-corrected chi connectivity index (χ4v) is 2.75. The Bertz CT molecular complexity index is 836. The molecular weight excluding hydrogens is 236 g/mol. The summed E-state index contributed by atoms with van der Waals surface area (Å²) in [4.78, 5) is 0. The lowest BCUT2D eigenvalue weighted by atomic mass is 10.00. The predicted molar refractivity (Wildman–Crippen MR) is 75.4 cm³/mol. The molecule has 3 aliphatic rings. The number of nitrogens with zero attached hydrogens (tertiary/aromatic N) is 2. The van der Waals surface area contributed by atoms with Crippen LogP contribution in [-0.4, -0.2) is 15.3 Å². The van der Waals surface area contributed by atoms with Crippen molar-refractivity contribution in [3.05, 3.63) is 46.7 Å². The Morgan fingerprint density at radius 2 is 2.11 bits per heavy atom. The molecule has 19 heavy (non-hydrogen) atoms. The number of aliphatic hydroxyl groups is 1. The minimum Gasteiger partial charge on any atom is -0.392 e. The molecule has 1 aromatic carbocycles. The van der Waals surface area contributed by atoms with Gasteiger partial charge in [-0.05, 0) is 34.7 Å². The van der Waals surface area contributed by atoms with Gasteiger partial charge in [0.15, 0.2) is 0 Å². The van der Waals surface area contributed by atoms with Gasteiger partial charge >= 0.3 is 0 Å². The van der Waals surface area contributed by atoms with Crippen molar-refractivity contribution >= 4 is 23.1 Å². The van der Waals surface area contributed by atoms with Crippen molar-refractivity contribution in [1.29, 1.82) is 0 Å². The summed E-state index contributed by atoms with van der Waals surface area (Å²) in [5.74, 6) is 0. The summed E-state index contributed by atoms with van der Waals surface area (Å²) in [5, 5.41) is 20.2. The van der Waals surface area contributed by atoms with Crippen LogP contribution in [0.3, 0.4) is 0 Å². The summed E-state index contributed by atoms with van der Waals surface area (Å²) >= 11 is 0. The van der Waals surface area contributed by atoms with Crippen molar-refractivity contribution in [2.24, 2.45) is 0 Å². The van der Waals surface area contributed by atoms with Gasteiger partial charge in [0.1, 0.15) is 5.69 Å². The molecule has 1 heterocycles. The van der Waals surface area contributed by atoms with E-state index in [0.29, 0.717) is 0 Å². The topological polar surface area (TPSA) is 46.0 Å². The highest BCUT2D eigenvalue weighted by molar-refractivity contribution is 5.97. The standard InChI is InChI=1S/C16H12N2O/c19-9-10-7-12-6-5-11-3-1-2-4-13(11)16-15(12)14(8-10)17-18-16/h2-8,19H,1,9H2. The van der Waals surface area contributed by atoms with Gasteiger partial charge in [-0.25, -0.2) is 0 Å². The highest BCUT2D eigenvalue weighted by Gasteiger charge is 2.17. The molecule has 0 saturated heterocycles. The van der Waals surface area contributed by atoms with E-state index in [1.807, 2.05) is 12.1 Å². The number of hydrogen-bond acceptors (Lipinski definition) is 3. The molecule has 0 aromatic heterocycles. The Labute approximate surface area is 110 Å². The lowest BCUT2D eigenvalue weighted by Gasteiger charge is -2.03. The van der Waals surface area contributed by atoms with E-state index in [1.54, 1.807) is 0 Å². The number of allylic oxidation sites excluding steroid dienone is 1. The zero-order chi connectivity index (χ0) is 12.8. The molecular formula is C16H12N2O. The normalized spacial score (nSPS) is 13.7. The Kier molecular flexibility index (Phi) is 2.17. The van der Waals surface area contributed by atoms with Gasteiger partial charge in [-0.15, -0.1) is 10.2 Å². The first-order chi connectivity index (χ1) is 9.36. The quantitative estimate of drug-likeness (QED) is 0.717. The van der Waals surface area contributed by atoms with E-state index in [4.69, 9.17) is 0 Å². The lowest BCUT2D eigenvalue weighted by Crippen LogP contribution is -2.05. The molecule has 1 aromatic rings. The van der Waals surface area contributed by atoms with Crippen molar-refractivity contribution < 1.29 is 5.11 Å². The van der Waals surface area contributed by atoms with E-state index in [0.717, 1.165) is 39.7 Å². The molecule has 0 fully saturated rings. The van der Waals surface area contributed by atoms with E-state index in [9.17, 15) is 5.11 Å². The van der Waals surface area contributed by atoms with Crippen LogP contribution in [0.2, 0.25) is 0 Å². The fraction of sp³-hybridized carbons (Fsp3) is 0.125. The van der Waals surface area contributed by atoms with Gasteiger partial charge in [0.2, 0.25) is 0 Å². The maximum Gasteiger partial charge on any atom is 0.104 e. The van der Waals surface area contributed by atoms with Crippen molar-refractivity contribution in [1.82, 2.24) is 10.2 Å². The van der Waals surface area contributed by atoms with E-state index < -0.39 is 0 Å². The number of fused-ring (bicyclic) bond motifs is 2. The number of aromatic nitrogens is 2. The second-order valence-electron chi connectivity index (χ2n) is 4.83. The minimum absolute atomic E-state index is 0.0259. The van der Waals surface area contributed by atoms with E-state index >= 15 is 0 Å². The second kappa shape index (κ2) is 3.87. The number of hydrogen-bond donors (Lipinski definition) is 1. The molecule has 92 valence electrons. The monoisotopic (exact) mass is 248 g/mol. The first-order valence-electron chi connectivity index (χ1n) is 6.36. The Balaban J connectivity index is 2.19. The summed E-state index contributed by atoms with van der Waals surface area (Å²) in [7, 11) is 0. The van der Waals surface area contributed by atoms with Crippen LogP contribution >= 0.6 is 0 Å². The van der Waals surface area contributed by atoms with Gasteiger partial charge in [-0.3, -0.25) is 0 Å². The molecule has 1 N–H and O–H groups in total. The second-order valence-corrected chi connectivity index (χ2v) is 4.83. The van der Waals surface area contributed by atoms with Crippen LogP contribution in [0.5, 0.6) is 0 Å². The van der Waals surface area contributed by atoms with Crippen LogP contribution in [0.15, 0.2) is 30.3 Å². The maximum atomic E-state index is 9.32. The van der Waals surface area contributed by atoms with Gasteiger partial charge < -0.3 is 5.11 Å². The van der Waals surface area contributed by atoms with Crippen LogP contribution in [0.4, 0.5) is 0 Å². The summed E-state index contributed by atoms with van der Waals surface area (Å²) < 4.78 is 0. The summed E-state index contributed by atoms with van der Waals surface area (Å²) in [6.07, 6.45) is 7.42. The van der Waals surface area contributed by atoms with Crippen molar-refractivity contribution in [2.45, 2.75) is 13.0 Å². The SMILES string of the molecule is OCc1cc2ccc3c(c4nnc(c1)c2-4)C=CCC=3. The van der Waals surface area contributed by atoms with E-state index in [1.165, 1.54) is 5.22 Å². The largest absolute Gasteiger partial charge is 0.392 e. The molecule has 0 amide bonds. The van der Waals surface area contributed by atoms with Crippen molar-refractivity contribution in [2.75, 3.05) is 0 Å². The first-order valence-corrected chi connectivity index (χ1v) is 6.36. The predicted octanol–water partition coefficient (Wildman–Crippen LogP) is 2.14. The lowest BCUT2D eigenvalue weighted by molar-refractivity contribution is 0.282. The average Bonchev–Trinajstić information content (AvgIpc) is 2.81. The molecule has 0 radical (unpaired) electrons. The molecule has 4 rings (SSSR count). The van der Waals surface area contributed by atoms with Gasteiger partial charge in [0.25, 0.3) is 0 Å². The molecule has 3 nitrogen and oxygen atoms in total. The van der Waals surface area contributed by atoms with Gasteiger partial charge in [0.05, 0.1) is 12.1 Å². The molecule has 0 spiro atoms. The number of aliphatic hydroxyl groups excluding tert-OH is 1. The van der Waals surface area contributed by atoms with Crippen LogP contribution in [0.1, 0.15) is 17.5 Å². The third-order valence-corrected chi connectivity index (χ3v) is 3.65. The number of benzene rings is 1. The van der Waals surface area contributed by atoms with Crippen LogP contribution < -0.4 is 5.22 Å². The Morgan fingerprint density at radius 3 is 3.00 bits per heavy atom. The average molecular weight is 248 g/mol. The van der Waals surface area contributed by atoms with Gasteiger partial charge in [-0.1, -0.05) is 30.4 Å². The Hall–Kier alpha value is -2.26. The molecule has 0 atom stereocenters. The highest BCUT2D eigenvalue weighted by atomic mass is 16.3. The van der Waals surface area contributed by atoms with Crippen molar-refractivity contribution in [3.8, 4) is 11.3 Å². The van der Waals surface area contributed by atoms with Gasteiger partial charge in [0, 0.05) is 11.1 Å². The van der Waals surface area contributed by atoms with E-state index in [2.05, 4.69) is 40.6 Å². The molecule has 3 heteroatoms. The third kappa shape index (κ3) is 1.48. The van der Waals surface area contributed by atoms with Crippen LogP contribution in [-0.2, 0) is 6.61 Å². The van der Waals surface area contributed by atoms with E-state index in [-0.39, 0.29) is 6.61 Å². The molecule has 0 saturated carbocycles. The zero-order valence-corrected chi connectivity index (χ0v) is 10.3. The van der Waals surface area contributed by atoms with Crippen LogP contribution in [0.25, 0.3) is 34.3 Å². The molecule has 1 aliphatic heterocycles. The zero-order valence-electron chi connectivity index (χ0n) is 10.3. The smallest absolute Gasteiger partial charge is 0.104 e. The summed E-state index contributed by atoms with van der Waals surface area (Å²) in [6, 6.07) is 8.13. The highest BCUT2D eigenvalue weighted by Crippen LogP contribution is 2.33. The summed E-state index contributed by atoms with van der Waals surface area (Å²) in [5.41, 5.74) is 4.90. The maximum absolute atomic E-state index is 9.32. The first kappa shape index (κ1) is 10.6. The molecule has 2 aliphatic carbocycles. The summed E-state index contributed by atoms with van der Waals surface area (Å²) in [6.45, 7) is 0.0259. The third-order valence-electron chi connectivity index (χ3n) is 3.65. The Morgan fingerprint density at radius 1 is 1.16 bits per heavy atom. The minimum atomic E-state index is 0.0259. The fourth-order valence-electron chi connectivity index (χ4n) is 2.75. The van der Waals surface area contributed by atoms with Crippen molar-refractivity contribution in [3.63, 3.8) is 0 Å².